The Morgan fingerprint density at radius 3 is 2.57 bits per heavy atom. The van der Waals surface area contributed by atoms with Crippen LogP contribution in [0.3, 0.4) is 0 Å². The molecule has 2 N–H and O–H groups in total. The standard InChI is InChI=1S/C17H17FN2O/c1-2-17(20)13-4-6-15(7-5-13)21-11-14-9-12(10-19)3-8-16(14)18/h3-9,17H,2,11,20H2,1H3. The minimum atomic E-state index is -0.376. The van der Waals surface area contributed by atoms with E-state index in [4.69, 9.17) is 15.7 Å². The molecule has 0 heterocycles. The average Bonchev–Trinajstić information content (AvgIpc) is 2.54. The van der Waals surface area contributed by atoms with Crippen LogP contribution in [0.15, 0.2) is 42.5 Å². The van der Waals surface area contributed by atoms with Gasteiger partial charge in [-0.2, -0.15) is 5.26 Å². The van der Waals surface area contributed by atoms with Gasteiger partial charge in [-0.25, -0.2) is 4.39 Å². The Bertz CT molecular complexity index is 647. The summed E-state index contributed by atoms with van der Waals surface area (Å²) in [6.07, 6.45) is 0.867. The van der Waals surface area contributed by atoms with Crippen LogP contribution in [-0.2, 0) is 6.61 Å². The Morgan fingerprint density at radius 2 is 1.95 bits per heavy atom. The third kappa shape index (κ3) is 3.80. The molecule has 0 spiro atoms. The molecule has 2 rings (SSSR count). The summed E-state index contributed by atoms with van der Waals surface area (Å²) in [6.45, 7) is 2.11. The Balaban J connectivity index is 2.05. The van der Waals surface area contributed by atoms with Crippen molar-refractivity contribution in [1.82, 2.24) is 0 Å². The average molecular weight is 284 g/mol. The fourth-order valence-corrected chi connectivity index (χ4v) is 1.96. The van der Waals surface area contributed by atoms with E-state index in [0.29, 0.717) is 16.9 Å². The lowest BCUT2D eigenvalue weighted by molar-refractivity contribution is 0.299. The molecule has 0 saturated heterocycles. The van der Waals surface area contributed by atoms with Crippen LogP contribution in [-0.4, -0.2) is 0 Å². The number of benzene rings is 2. The van der Waals surface area contributed by atoms with Gasteiger partial charge in [0, 0.05) is 11.6 Å². The fraction of sp³-hybridized carbons (Fsp3) is 0.235. The molecule has 1 unspecified atom stereocenters. The van der Waals surface area contributed by atoms with E-state index in [1.54, 1.807) is 0 Å². The zero-order valence-electron chi connectivity index (χ0n) is 11.8. The third-order valence-corrected chi connectivity index (χ3v) is 3.32. The van der Waals surface area contributed by atoms with Crippen molar-refractivity contribution in [3.05, 3.63) is 65.0 Å². The van der Waals surface area contributed by atoms with Crippen molar-refractivity contribution in [2.75, 3.05) is 0 Å². The van der Waals surface area contributed by atoms with E-state index in [9.17, 15) is 4.39 Å². The molecule has 2 aromatic carbocycles. The molecule has 2 aromatic rings. The summed E-state index contributed by atoms with van der Waals surface area (Å²) in [4.78, 5) is 0. The second-order valence-corrected chi connectivity index (χ2v) is 4.79. The topological polar surface area (TPSA) is 59.0 Å². The maximum absolute atomic E-state index is 13.6. The summed E-state index contributed by atoms with van der Waals surface area (Å²) in [7, 11) is 0. The second-order valence-electron chi connectivity index (χ2n) is 4.79. The number of rotatable bonds is 5. The monoisotopic (exact) mass is 284 g/mol. The van der Waals surface area contributed by atoms with Crippen molar-refractivity contribution in [2.24, 2.45) is 5.73 Å². The minimum Gasteiger partial charge on any atom is -0.489 e. The first-order valence-electron chi connectivity index (χ1n) is 6.81. The van der Waals surface area contributed by atoms with Gasteiger partial charge in [0.15, 0.2) is 0 Å². The predicted octanol–water partition coefficient (Wildman–Crippen LogP) is 3.69. The van der Waals surface area contributed by atoms with Crippen molar-refractivity contribution in [1.29, 1.82) is 5.26 Å². The first-order valence-corrected chi connectivity index (χ1v) is 6.81. The van der Waals surface area contributed by atoms with E-state index < -0.39 is 0 Å². The van der Waals surface area contributed by atoms with Gasteiger partial charge in [0.2, 0.25) is 0 Å². The zero-order valence-corrected chi connectivity index (χ0v) is 11.8. The van der Waals surface area contributed by atoms with E-state index >= 15 is 0 Å². The molecule has 0 radical (unpaired) electrons. The summed E-state index contributed by atoms with van der Waals surface area (Å²) in [6, 6.07) is 13.7. The van der Waals surface area contributed by atoms with Crippen molar-refractivity contribution in [3.63, 3.8) is 0 Å². The van der Waals surface area contributed by atoms with Crippen molar-refractivity contribution >= 4 is 0 Å². The lowest BCUT2D eigenvalue weighted by atomic mass is 10.1. The number of nitrogens with zero attached hydrogens (tertiary/aromatic N) is 1. The van der Waals surface area contributed by atoms with Crippen LogP contribution in [0.25, 0.3) is 0 Å². The molecule has 0 amide bonds. The second kappa shape index (κ2) is 6.87. The van der Waals surface area contributed by atoms with Crippen molar-refractivity contribution in [3.8, 4) is 11.8 Å². The maximum atomic E-state index is 13.6. The molecular weight excluding hydrogens is 267 g/mol. The molecular formula is C17H17FN2O. The van der Waals surface area contributed by atoms with Crippen LogP contribution < -0.4 is 10.5 Å². The van der Waals surface area contributed by atoms with Crippen LogP contribution in [0.1, 0.15) is 36.1 Å². The molecule has 0 aliphatic rings. The SMILES string of the molecule is CCC(N)c1ccc(OCc2cc(C#N)ccc2F)cc1. The molecule has 0 aromatic heterocycles. The molecule has 0 aliphatic carbocycles. The lowest BCUT2D eigenvalue weighted by Crippen LogP contribution is -2.08. The van der Waals surface area contributed by atoms with Crippen molar-refractivity contribution in [2.45, 2.75) is 26.0 Å². The molecule has 108 valence electrons. The first-order chi connectivity index (χ1) is 10.1. The van der Waals surface area contributed by atoms with E-state index in [1.807, 2.05) is 37.3 Å². The van der Waals surface area contributed by atoms with Crippen LogP contribution in [0.5, 0.6) is 5.75 Å². The Labute approximate surface area is 123 Å². The number of nitriles is 1. The highest BCUT2D eigenvalue weighted by molar-refractivity contribution is 5.34. The minimum absolute atomic E-state index is 0.0174. The molecule has 3 nitrogen and oxygen atoms in total. The highest BCUT2D eigenvalue weighted by Gasteiger charge is 2.06. The predicted molar refractivity (Wildman–Crippen MR) is 79.1 cm³/mol. The van der Waals surface area contributed by atoms with Gasteiger partial charge in [0.05, 0.1) is 11.6 Å². The highest BCUT2D eigenvalue weighted by Crippen LogP contribution is 2.20. The molecule has 4 heteroatoms. The third-order valence-electron chi connectivity index (χ3n) is 3.32. The van der Waals surface area contributed by atoms with Crippen LogP contribution in [0, 0.1) is 17.1 Å². The Hall–Kier alpha value is -2.38. The molecule has 0 saturated carbocycles. The summed E-state index contributed by atoms with van der Waals surface area (Å²) in [5, 5.41) is 8.82. The molecule has 0 fully saturated rings. The van der Waals surface area contributed by atoms with Gasteiger partial charge in [0.1, 0.15) is 18.2 Å². The van der Waals surface area contributed by atoms with Gasteiger partial charge in [-0.15, -0.1) is 0 Å². The molecule has 21 heavy (non-hydrogen) atoms. The van der Waals surface area contributed by atoms with Crippen LogP contribution >= 0.6 is 0 Å². The molecule has 0 aliphatic heterocycles. The fourth-order valence-electron chi connectivity index (χ4n) is 1.96. The molecule has 1 atom stereocenters. The first kappa shape index (κ1) is 15.0. The van der Waals surface area contributed by atoms with Crippen LogP contribution in [0.2, 0.25) is 0 Å². The van der Waals surface area contributed by atoms with Gasteiger partial charge in [-0.05, 0) is 42.3 Å². The Morgan fingerprint density at radius 1 is 1.24 bits per heavy atom. The van der Waals surface area contributed by atoms with Gasteiger partial charge >= 0.3 is 0 Å². The van der Waals surface area contributed by atoms with Gasteiger partial charge in [-0.3, -0.25) is 0 Å². The quantitative estimate of drug-likeness (QED) is 0.911. The van der Waals surface area contributed by atoms with Gasteiger partial charge in [0.25, 0.3) is 0 Å². The summed E-state index contributed by atoms with van der Waals surface area (Å²) in [5.74, 6) is 0.266. The van der Waals surface area contributed by atoms with Crippen LogP contribution in [0.4, 0.5) is 4.39 Å². The maximum Gasteiger partial charge on any atom is 0.129 e. The largest absolute Gasteiger partial charge is 0.489 e. The Kier molecular flexibility index (Phi) is 4.91. The number of nitrogens with two attached hydrogens (primary N) is 1. The van der Waals surface area contributed by atoms with E-state index in [2.05, 4.69) is 0 Å². The number of hydrogen-bond donors (Lipinski definition) is 1. The zero-order chi connectivity index (χ0) is 15.2. The summed E-state index contributed by atoms with van der Waals surface area (Å²) in [5.41, 5.74) is 7.76. The molecule has 0 bridgehead atoms. The highest BCUT2D eigenvalue weighted by atomic mass is 19.1. The smallest absolute Gasteiger partial charge is 0.129 e. The number of hydrogen-bond acceptors (Lipinski definition) is 3. The normalized spacial score (nSPS) is 11.7. The van der Waals surface area contributed by atoms with Gasteiger partial charge in [-0.1, -0.05) is 19.1 Å². The number of ether oxygens (including phenoxy) is 1. The van der Waals surface area contributed by atoms with Gasteiger partial charge < -0.3 is 10.5 Å². The van der Waals surface area contributed by atoms with E-state index in [-0.39, 0.29) is 18.5 Å². The summed E-state index contributed by atoms with van der Waals surface area (Å²) >= 11 is 0. The lowest BCUT2D eigenvalue weighted by Gasteiger charge is -2.11. The van der Waals surface area contributed by atoms with E-state index in [1.165, 1.54) is 18.2 Å². The van der Waals surface area contributed by atoms with Crippen molar-refractivity contribution < 1.29 is 9.13 Å². The van der Waals surface area contributed by atoms with E-state index in [0.717, 1.165) is 12.0 Å². The number of halogens is 1. The summed E-state index contributed by atoms with van der Waals surface area (Å²) < 4.78 is 19.2.